The molecule has 6 nitrogen and oxygen atoms in total. The van der Waals surface area contributed by atoms with Crippen LogP contribution in [0.2, 0.25) is 0 Å². The van der Waals surface area contributed by atoms with Gasteiger partial charge in [-0.2, -0.15) is 4.98 Å². The average molecular weight is 313 g/mol. The van der Waals surface area contributed by atoms with Gasteiger partial charge in [-0.05, 0) is 38.0 Å². The van der Waals surface area contributed by atoms with E-state index in [-0.39, 0.29) is 0 Å². The fourth-order valence-electron chi connectivity index (χ4n) is 5.07. The molecule has 0 N–H and O–H groups in total. The molecular formula is C17H23N5O. The molecule has 122 valence electrons. The number of aryl methyl sites for hydroxylation is 1. The SMILES string of the molecule is Cc1noc2ncnc(N3CCN([C@@H]4C[C@H]5CC[C@H]4C5)CC3)c12. The molecule has 2 aromatic heterocycles. The fraction of sp³-hybridized carbons (Fsp3) is 0.706. The third-order valence-electron chi connectivity index (χ3n) is 6.21. The number of anilines is 1. The summed E-state index contributed by atoms with van der Waals surface area (Å²) in [7, 11) is 0. The van der Waals surface area contributed by atoms with Gasteiger partial charge in [0.15, 0.2) is 0 Å². The van der Waals surface area contributed by atoms with Gasteiger partial charge < -0.3 is 9.42 Å². The Labute approximate surface area is 135 Å². The van der Waals surface area contributed by atoms with Crippen LogP contribution in [0.25, 0.3) is 11.1 Å². The van der Waals surface area contributed by atoms with Gasteiger partial charge in [0.25, 0.3) is 5.71 Å². The van der Waals surface area contributed by atoms with E-state index in [9.17, 15) is 0 Å². The highest BCUT2D eigenvalue weighted by molar-refractivity contribution is 5.87. The van der Waals surface area contributed by atoms with Gasteiger partial charge in [-0.25, -0.2) is 4.98 Å². The number of piperazine rings is 1. The van der Waals surface area contributed by atoms with Crippen molar-refractivity contribution in [2.45, 2.75) is 38.6 Å². The number of nitrogens with zero attached hydrogens (tertiary/aromatic N) is 5. The molecular weight excluding hydrogens is 290 g/mol. The maximum atomic E-state index is 5.28. The number of fused-ring (bicyclic) bond motifs is 3. The van der Waals surface area contributed by atoms with Crippen molar-refractivity contribution in [2.24, 2.45) is 11.8 Å². The molecule has 2 aromatic rings. The molecule has 3 aliphatic rings. The normalized spacial score (nSPS) is 31.3. The van der Waals surface area contributed by atoms with Crippen LogP contribution < -0.4 is 4.90 Å². The minimum atomic E-state index is 0.600. The molecule has 23 heavy (non-hydrogen) atoms. The zero-order valence-corrected chi connectivity index (χ0v) is 13.6. The predicted molar refractivity (Wildman–Crippen MR) is 87.4 cm³/mol. The summed E-state index contributed by atoms with van der Waals surface area (Å²) in [5, 5.41) is 5.01. The second-order valence-corrected chi connectivity index (χ2v) is 7.41. The van der Waals surface area contributed by atoms with Crippen molar-refractivity contribution in [3.8, 4) is 0 Å². The Bertz CT molecular complexity index is 721. The zero-order chi connectivity index (χ0) is 15.4. The molecule has 0 aromatic carbocycles. The number of hydrogen-bond acceptors (Lipinski definition) is 6. The van der Waals surface area contributed by atoms with E-state index >= 15 is 0 Å². The molecule has 3 fully saturated rings. The summed E-state index contributed by atoms with van der Waals surface area (Å²) in [5.41, 5.74) is 1.48. The molecule has 2 aliphatic carbocycles. The first-order valence-electron chi connectivity index (χ1n) is 8.85. The predicted octanol–water partition coefficient (Wildman–Crippen LogP) is 2.24. The third kappa shape index (κ3) is 2.15. The maximum Gasteiger partial charge on any atom is 0.263 e. The lowest BCUT2D eigenvalue weighted by molar-refractivity contribution is 0.135. The van der Waals surface area contributed by atoms with E-state index in [1.54, 1.807) is 6.33 Å². The van der Waals surface area contributed by atoms with Crippen molar-refractivity contribution in [1.29, 1.82) is 0 Å². The Hall–Kier alpha value is -1.69. The van der Waals surface area contributed by atoms with Gasteiger partial charge in [0.05, 0.1) is 5.69 Å². The Kier molecular flexibility index (Phi) is 3.08. The second-order valence-electron chi connectivity index (χ2n) is 7.41. The summed E-state index contributed by atoms with van der Waals surface area (Å²) in [6.45, 7) is 6.31. The first kappa shape index (κ1) is 13.7. The smallest absolute Gasteiger partial charge is 0.263 e. The summed E-state index contributed by atoms with van der Waals surface area (Å²) in [6, 6.07) is 0.846. The van der Waals surface area contributed by atoms with Crippen LogP contribution in [0, 0.1) is 18.8 Å². The van der Waals surface area contributed by atoms with Crippen LogP contribution in [0.4, 0.5) is 5.82 Å². The molecule has 2 saturated carbocycles. The topological polar surface area (TPSA) is 58.3 Å². The van der Waals surface area contributed by atoms with Gasteiger partial charge in [-0.15, -0.1) is 0 Å². The van der Waals surface area contributed by atoms with Gasteiger partial charge in [0, 0.05) is 32.2 Å². The van der Waals surface area contributed by atoms with Crippen LogP contribution in [0.3, 0.4) is 0 Å². The van der Waals surface area contributed by atoms with E-state index in [4.69, 9.17) is 4.52 Å². The Morgan fingerprint density at radius 3 is 2.70 bits per heavy atom. The van der Waals surface area contributed by atoms with Crippen molar-refractivity contribution < 1.29 is 4.52 Å². The van der Waals surface area contributed by atoms with E-state index in [0.29, 0.717) is 5.71 Å². The third-order valence-corrected chi connectivity index (χ3v) is 6.21. The highest BCUT2D eigenvalue weighted by Crippen LogP contribution is 2.46. The maximum absolute atomic E-state index is 5.28. The van der Waals surface area contributed by atoms with Crippen molar-refractivity contribution in [1.82, 2.24) is 20.0 Å². The lowest BCUT2D eigenvalue weighted by atomic mass is 9.93. The fourth-order valence-corrected chi connectivity index (χ4v) is 5.07. The van der Waals surface area contributed by atoms with Gasteiger partial charge >= 0.3 is 0 Å². The average Bonchev–Trinajstić information content (AvgIpc) is 3.31. The first-order valence-corrected chi connectivity index (χ1v) is 8.85. The van der Waals surface area contributed by atoms with Crippen molar-refractivity contribution in [3.05, 3.63) is 12.0 Å². The van der Waals surface area contributed by atoms with Crippen molar-refractivity contribution >= 4 is 16.9 Å². The van der Waals surface area contributed by atoms with Gasteiger partial charge in [-0.3, -0.25) is 4.90 Å². The number of hydrogen-bond donors (Lipinski definition) is 0. The lowest BCUT2D eigenvalue weighted by Crippen LogP contribution is -2.52. The molecule has 0 radical (unpaired) electrons. The van der Waals surface area contributed by atoms with Crippen LogP contribution in [0.15, 0.2) is 10.9 Å². The zero-order valence-electron chi connectivity index (χ0n) is 13.6. The Balaban J connectivity index is 1.33. The first-order chi connectivity index (χ1) is 11.3. The molecule has 3 heterocycles. The van der Waals surface area contributed by atoms with Crippen LogP contribution in [0.1, 0.15) is 31.4 Å². The van der Waals surface area contributed by atoms with E-state index in [1.165, 1.54) is 25.7 Å². The largest absolute Gasteiger partial charge is 0.353 e. The molecule has 1 aliphatic heterocycles. The second kappa shape index (κ2) is 5.16. The van der Waals surface area contributed by atoms with Gasteiger partial charge in [0.1, 0.15) is 17.5 Å². The van der Waals surface area contributed by atoms with E-state index < -0.39 is 0 Å². The minimum absolute atomic E-state index is 0.600. The molecule has 0 amide bonds. The van der Waals surface area contributed by atoms with E-state index in [2.05, 4.69) is 24.9 Å². The van der Waals surface area contributed by atoms with Crippen molar-refractivity contribution in [2.75, 3.05) is 31.1 Å². The summed E-state index contributed by atoms with van der Waals surface area (Å²) < 4.78 is 5.28. The van der Waals surface area contributed by atoms with Crippen LogP contribution in [-0.2, 0) is 0 Å². The number of rotatable bonds is 2. The molecule has 0 spiro atoms. The molecule has 5 rings (SSSR count). The lowest BCUT2D eigenvalue weighted by Gasteiger charge is -2.41. The molecule has 2 bridgehead atoms. The summed E-state index contributed by atoms with van der Waals surface area (Å²) >= 11 is 0. The van der Waals surface area contributed by atoms with Crippen LogP contribution in [-0.4, -0.2) is 52.2 Å². The highest BCUT2D eigenvalue weighted by Gasteiger charge is 2.42. The number of aromatic nitrogens is 3. The van der Waals surface area contributed by atoms with Crippen LogP contribution in [0.5, 0.6) is 0 Å². The highest BCUT2D eigenvalue weighted by atomic mass is 16.5. The standard InChI is InChI=1S/C17H23N5O/c1-11-15-16(18-10-19-17(15)23-20-11)22-6-4-21(5-7-22)14-9-12-2-3-13(14)8-12/h10,12-14H,2-9H2,1H3/t12-,13-,14+/m0/s1. The van der Waals surface area contributed by atoms with Gasteiger partial charge in [0.2, 0.25) is 0 Å². The summed E-state index contributed by atoms with van der Waals surface area (Å²) in [5.74, 6) is 2.98. The van der Waals surface area contributed by atoms with Gasteiger partial charge in [-0.1, -0.05) is 11.6 Å². The monoisotopic (exact) mass is 313 g/mol. The summed E-state index contributed by atoms with van der Waals surface area (Å²) in [4.78, 5) is 13.8. The summed E-state index contributed by atoms with van der Waals surface area (Å²) in [6.07, 6.45) is 7.45. The molecule has 1 saturated heterocycles. The molecule has 0 unspecified atom stereocenters. The molecule has 6 heteroatoms. The van der Waals surface area contributed by atoms with Crippen molar-refractivity contribution in [3.63, 3.8) is 0 Å². The Morgan fingerprint density at radius 2 is 1.96 bits per heavy atom. The molecule has 3 atom stereocenters. The van der Waals surface area contributed by atoms with E-state index in [0.717, 1.165) is 61.0 Å². The minimum Gasteiger partial charge on any atom is -0.353 e. The quantitative estimate of drug-likeness (QED) is 0.847. The van der Waals surface area contributed by atoms with E-state index in [1.807, 2.05) is 6.92 Å². The Morgan fingerprint density at radius 1 is 1.09 bits per heavy atom. The van der Waals surface area contributed by atoms with Crippen LogP contribution >= 0.6 is 0 Å².